The summed E-state index contributed by atoms with van der Waals surface area (Å²) in [6.07, 6.45) is 0. The smallest absolute Gasteiger partial charge is 0.292 e. The van der Waals surface area contributed by atoms with E-state index >= 15 is 0 Å². The molecule has 0 radical (unpaired) electrons. The molecule has 23 heavy (non-hydrogen) atoms. The number of furan rings is 1. The van der Waals surface area contributed by atoms with Gasteiger partial charge in [0.25, 0.3) is 11.5 Å². The standard InChI is InChI=1S/C16H14N4O3/c1-9-7-8-13(23-9)10(2)17-20-16(22)14-11-5-3-4-6-12(11)15(21)19-18-14/h3-8H,1-2H3,(H,19,21)(H,20,22)/b17-10+. The summed E-state index contributed by atoms with van der Waals surface area (Å²) in [5, 5.41) is 11.0. The number of hydrazone groups is 1. The lowest BCUT2D eigenvalue weighted by atomic mass is 10.1. The van der Waals surface area contributed by atoms with Crippen LogP contribution in [0.5, 0.6) is 0 Å². The van der Waals surface area contributed by atoms with E-state index in [0.717, 1.165) is 5.76 Å². The van der Waals surface area contributed by atoms with Crippen LogP contribution >= 0.6 is 0 Å². The number of aromatic amines is 1. The van der Waals surface area contributed by atoms with E-state index in [1.165, 1.54) is 0 Å². The Bertz CT molecular complexity index is 969. The Morgan fingerprint density at radius 2 is 1.96 bits per heavy atom. The zero-order valence-corrected chi connectivity index (χ0v) is 12.6. The van der Waals surface area contributed by atoms with Gasteiger partial charge >= 0.3 is 0 Å². The van der Waals surface area contributed by atoms with E-state index in [4.69, 9.17) is 4.42 Å². The monoisotopic (exact) mass is 310 g/mol. The molecule has 0 bridgehead atoms. The number of nitrogens with zero attached hydrogens (tertiary/aromatic N) is 2. The van der Waals surface area contributed by atoms with Gasteiger partial charge in [-0.2, -0.15) is 10.2 Å². The molecular formula is C16H14N4O3. The van der Waals surface area contributed by atoms with Crippen LogP contribution in [-0.4, -0.2) is 21.8 Å². The van der Waals surface area contributed by atoms with Crippen molar-refractivity contribution >= 4 is 22.4 Å². The Morgan fingerprint density at radius 1 is 1.22 bits per heavy atom. The van der Waals surface area contributed by atoms with Gasteiger partial charge in [-0.05, 0) is 32.0 Å². The summed E-state index contributed by atoms with van der Waals surface area (Å²) in [7, 11) is 0. The average Bonchev–Trinajstić information content (AvgIpc) is 2.99. The summed E-state index contributed by atoms with van der Waals surface area (Å²) >= 11 is 0. The summed E-state index contributed by atoms with van der Waals surface area (Å²) in [5.41, 5.74) is 2.71. The van der Waals surface area contributed by atoms with Crippen molar-refractivity contribution in [3.8, 4) is 0 Å². The van der Waals surface area contributed by atoms with Crippen molar-refractivity contribution in [1.29, 1.82) is 0 Å². The zero-order valence-electron chi connectivity index (χ0n) is 12.6. The number of carbonyl (C=O) groups is 1. The van der Waals surface area contributed by atoms with Crippen LogP contribution in [0.2, 0.25) is 0 Å². The number of hydrogen-bond donors (Lipinski definition) is 2. The molecule has 0 saturated heterocycles. The van der Waals surface area contributed by atoms with Gasteiger partial charge in [0.05, 0.1) is 5.39 Å². The van der Waals surface area contributed by atoms with Crippen molar-refractivity contribution < 1.29 is 9.21 Å². The van der Waals surface area contributed by atoms with Crippen LogP contribution in [0.15, 0.2) is 50.7 Å². The van der Waals surface area contributed by atoms with Crippen LogP contribution in [0.4, 0.5) is 0 Å². The fourth-order valence-corrected chi connectivity index (χ4v) is 2.16. The molecular weight excluding hydrogens is 296 g/mol. The molecule has 0 unspecified atom stereocenters. The first-order valence-corrected chi connectivity index (χ1v) is 6.95. The lowest BCUT2D eigenvalue weighted by molar-refractivity contribution is 0.0950. The maximum atomic E-state index is 12.3. The van der Waals surface area contributed by atoms with Crippen molar-refractivity contribution in [1.82, 2.24) is 15.6 Å². The van der Waals surface area contributed by atoms with E-state index in [1.54, 1.807) is 37.3 Å². The largest absolute Gasteiger partial charge is 0.460 e. The van der Waals surface area contributed by atoms with Crippen molar-refractivity contribution in [3.05, 3.63) is 64.0 Å². The van der Waals surface area contributed by atoms with Gasteiger partial charge in [-0.15, -0.1) is 0 Å². The summed E-state index contributed by atoms with van der Waals surface area (Å²) in [4.78, 5) is 24.0. The molecule has 3 rings (SSSR count). The van der Waals surface area contributed by atoms with Gasteiger partial charge < -0.3 is 4.42 Å². The molecule has 1 aromatic carbocycles. The first-order chi connectivity index (χ1) is 11.1. The molecule has 0 aliphatic heterocycles. The fraction of sp³-hybridized carbons (Fsp3) is 0.125. The minimum atomic E-state index is -0.514. The summed E-state index contributed by atoms with van der Waals surface area (Å²) < 4.78 is 5.42. The second kappa shape index (κ2) is 5.88. The first kappa shape index (κ1) is 14.7. The van der Waals surface area contributed by atoms with E-state index in [-0.39, 0.29) is 11.3 Å². The molecule has 2 heterocycles. The number of H-pyrrole nitrogens is 1. The summed E-state index contributed by atoms with van der Waals surface area (Å²) in [6, 6.07) is 10.3. The summed E-state index contributed by atoms with van der Waals surface area (Å²) in [6.45, 7) is 3.54. The van der Waals surface area contributed by atoms with Crippen molar-refractivity contribution in [2.75, 3.05) is 0 Å². The topological polar surface area (TPSA) is 100 Å². The maximum Gasteiger partial charge on any atom is 0.292 e. The summed E-state index contributed by atoms with van der Waals surface area (Å²) in [5.74, 6) is 0.816. The molecule has 0 aliphatic carbocycles. The molecule has 116 valence electrons. The number of benzene rings is 1. The molecule has 7 nitrogen and oxygen atoms in total. The highest BCUT2D eigenvalue weighted by Gasteiger charge is 2.13. The second-order valence-electron chi connectivity index (χ2n) is 5.00. The Kier molecular flexibility index (Phi) is 3.76. The molecule has 7 heteroatoms. The molecule has 2 N–H and O–H groups in total. The number of aryl methyl sites for hydroxylation is 1. The van der Waals surface area contributed by atoms with Crippen LogP contribution in [0.1, 0.15) is 28.9 Å². The molecule has 0 spiro atoms. The SMILES string of the molecule is C/C(=N\NC(=O)c1n[nH]c(=O)c2ccccc12)c1ccc(C)o1. The molecule has 0 saturated carbocycles. The number of rotatable bonds is 3. The minimum Gasteiger partial charge on any atom is -0.460 e. The van der Waals surface area contributed by atoms with Crippen LogP contribution in [-0.2, 0) is 0 Å². The van der Waals surface area contributed by atoms with Crippen LogP contribution < -0.4 is 11.0 Å². The lowest BCUT2D eigenvalue weighted by Crippen LogP contribution is -2.23. The van der Waals surface area contributed by atoms with Crippen LogP contribution in [0.3, 0.4) is 0 Å². The normalized spacial score (nSPS) is 11.7. The van der Waals surface area contributed by atoms with E-state index in [2.05, 4.69) is 20.7 Å². The Morgan fingerprint density at radius 3 is 2.65 bits per heavy atom. The van der Waals surface area contributed by atoms with E-state index in [0.29, 0.717) is 22.2 Å². The van der Waals surface area contributed by atoms with Gasteiger partial charge in [0, 0.05) is 5.39 Å². The van der Waals surface area contributed by atoms with Crippen molar-refractivity contribution in [2.24, 2.45) is 5.10 Å². The lowest BCUT2D eigenvalue weighted by Gasteiger charge is -2.04. The zero-order chi connectivity index (χ0) is 16.4. The second-order valence-corrected chi connectivity index (χ2v) is 5.00. The average molecular weight is 310 g/mol. The Hall–Kier alpha value is -3.22. The van der Waals surface area contributed by atoms with Gasteiger partial charge in [0.15, 0.2) is 5.69 Å². The van der Waals surface area contributed by atoms with Crippen molar-refractivity contribution in [2.45, 2.75) is 13.8 Å². The predicted molar refractivity (Wildman–Crippen MR) is 85.5 cm³/mol. The predicted octanol–water partition coefficient (Wildman–Crippen LogP) is 1.98. The quantitative estimate of drug-likeness (QED) is 0.570. The van der Waals surface area contributed by atoms with Gasteiger partial charge in [-0.1, -0.05) is 18.2 Å². The fourth-order valence-electron chi connectivity index (χ4n) is 2.16. The number of hydrogen-bond acceptors (Lipinski definition) is 5. The number of amides is 1. The van der Waals surface area contributed by atoms with E-state index in [1.807, 2.05) is 13.0 Å². The van der Waals surface area contributed by atoms with Gasteiger partial charge in [0.2, 0.25) is 0 Å². The van der Waals surface area contributed by atoms with Gasteiger partial charge in [-0.3, -0.25) is 9.59 Å². The molecule has 0 atom stereocenters. The third-order valence-electron chi connectivity index (χ3n) is 3.33. The molecule has 2 aromatic heterocycles. The van der Waals surface area contributed by atoms with E-state index in [9.17, 15) is 9.59 Å². The molecule has 3 aromatic rings. The number of fused-ring (bicyclic) bond motifs is 1. The third-order valence-corrected chi connectivity index (χ3v) is 3.33. The minimum absolute atomic E-state index is 0.104. The van der Waals surface area contributed by atoms with E-state index < -0.39 is 5.91 Å². The number of aromatic nitrogens is 2. The molecule has 0 fully saturated rings. The highest BCUT2D eigenvalue weighted by molar-refractivity contribution is 6.05. The Balaban J connectivity index is 1.90. The highest BCUT2D eigenvalue weighted by Crippen LogP contribution is 2.12. The van der Waals surface area contributed by atoms with Gasteiger partial charge in [0.1, 0.15) is 17.2 Å². The number of carbonyl (C=O) groups excluding carboxylic acids is 1. The van der Waals surface area contributed by atoms with Gasteiger partial charge in [-0.25, -0.2) is 10.5 Å². The highest BCUT2D eigenvalue weighted by atomic mass is 16.3. The van der Waals surface area contributed by atoms with Crippen LogP contribution in [0, 0.1) is 6.92 Å². The molecule has 1 amide bonds. The first-order valence-electron chi connectivity index (χ1n) is 6.95. The maximum absolute atomic E-state index is 12.3. The van der Waals surface area contributed by atoms with Crippen molar-refractivity contribution in [3.63, 3.8) is 0 Å². The van der Waals surface area contributed by atoms with Crippen LogP contribution in [0.25, 0.3) is 10.8 Å². The molecule has 0 aliphatic rings. The number of nitrogens with one attached hydrogen (secondary N) is 2. The third kappa shape index (κ3) is 2.89. The Labute approximate surface area is 131 Å².